The highest BCUT2D eigenvalue weighted by molar-refractivity contribution is 5.57. The van der Waals surface area contributed by atoms with Gasteiger partial charge >= 0.3 is 6.18 Å². The molecule has 1 aliphatic heterocycles. The Labute approximate surface area is 166 Å². The number of halogens is 3. The Morgan fingerprint density at radius 3 is 2.66 bits per heavy atom. The van der Waals surface area contributed by atoms with E-state index < -0.39 is 11.9 Å². The molecule has 29 heavy (non-hydrogen) atoms. The molecule has 0 bridgehead atoms. The molecule has 2 aromatic heterocycles. The number of anilines is 1. The Kier molecular flexibility index (Phi) is 5.08. The monoisotopic (exact) mass is 400 g/mol. The van der Waals surface area contributed by atoms with Crippen LogP contribution in [0.15, 0.2) is 54.9 Å². The highest BCUT2D eigenvalue weighted by Gasteiger charge is 2.35. The van der Waals surface area contributed by atoms with E-state index in [1.807, 2.05) is 29.2 Å². The summed E-state index contributed by atoms with van der Waals surface area (Å²) in [4.78, 5) is 14.0. The summed E-state index contributed by atoms with van der Waals surface area (Å²) in [5.74, 6) is 1.22. The fourth-order valence-electron chi connectivity index (χ4n) is 3.59. The molecule has 0 N–H and O–H groups in total. The van der Waals surface area contributed by atoms with Crippen LogP contribution in [0.1, 0.15) is 23.6 Å². The van der Waals surface area contributed by atoms with Gasteiger partial charge in [0.2, 0.25) is 0 Å². The Morgan fingerprint density at radius 1 is 1.10 bits per heavy atom. The van der Waals surface area contributed by atoms with Crippen molar-refractivity contribution in [1.29, 1.82) is 0 Å². The zero-order valence-corrected chi connectivity index (χ0v) is 15.7. The van der Waals surface area contributed by atoms with Gasteiger partial charge in [-0.05, 0) is 30.2 Å². The number of rotatable bonds is 4. The van der Waals surface area contributed by atoms with E-state index in [9.17, 15) is 13.2 Å². The third-order valence-corrected chi connectivity index (χ3v) is 5.01. The van der Waals surface area contributed by atoms with Gasteiger partial charge in [0, 0.05) is 43.0 Å². The zero-order valence-electron chi connectivity index (χ0n) is 15.7. The first-order chi connectivity index (χ1) is 14.0. The lowest BCUT2D eigenvalue weighted by atomic mass is 9.97. The number of hydrogen-bond donors (Lipinski definition) is 0. The number of alkyl halides is 3. The third-order valence-electron chi connectivity index (χ3n) is 5.01. The number of methoxy groups -OCH3 is 1. The number of ether oxygens (including phenoxy) is 1. The second-order valence-electron chi connectivity index (χ2n) is 6.85. The van der Waals surface area contributed by atoms with E-state index in [2.05, 4.69) is 15.0 Å². The third kappa shape index (κ3) is 4.01. The Hall–Kier alpha value is -3.16. The van der Waals surface area contributed by atoms with Gasteiger partial charge in [-0.3, -0.25) is 4.98 Å². The minimum atomic E-state index is -4.56. The number of hydrogen-bond acceptors (Lipinski definition) is 5. The van der Waals surface area contributed by atoms with Crippen molar-refractivity contribution < 1.29 is 17.9 Å². The van der Waals surface area contributed by atoms with Gasteiger partial charge < -0.3 is 9.64 Å². The molecule has 4 rings (SSSR count). The normalized spacial score (nSPS) is 16.8. The van der Waals surface area contributed by atoms with Crippen molar-refractivity contribution >= 4 is 5.82 Å². The summed E-state index contributed by atoms with van der Waals surface area (Å²) in [6, 6.07) is 12.0. The highest BCUT2D eigenvalue weighted by atomic mass is 19.4. The van der Waals surface area contributed by atoms with Gasteiger partial charge in [0.1, 0.15) is 11.6 Å². The molecule has 0 amide bonds. The molecule has 1 unspecified atom stereocenters. The van der Waals surface area contributed by atoms with E-state index in [-0.39, 0.29) is 17.6 Å². The van der Waals surface area contributed by atoms with Gasteiger partial charge in [-0.2, -0.15) is 13.2 Å². The van der Waals surface area contributed by atoms with E-state index in [4.69, 9.17) is 4.74 Å². The second kappa shape index (κ2) is 7.69. The van der Waals surface area contributed by atoms with Crippen molar-refractivity contribution in [2.45, 2.75) is 18.5 Å². The average molecular weight is 400 g/mol. The molecule has 0 radical (unpaired) electrons. The summed E-state index contributed by atoms with van der Waals surface area (Å²) in [5.41, 5.74) is 0.539. The maximum atomic E-state index is 13.4. The fourth-order valence-corrected chi connectivity index (χ4v) is 3.59. The van der Waals surface area contributed by atoms with Crippen molar-refractivity contribution in [3.63, 3.8) is 0 Å². The van der Waals surface area contributed by atoms with Gasteiger partial charge in [0.25, 0.3) is 0 Å². The quantitative estimate of drug-likeness (QED) is 0.643. The molecule has 1 aromatic carbocycles. The maximum Gasteiger partial charge on any atom is 0.433 e. The van der Waals surface area contributed by atoms with Crippen molar-refractivity contribution in [2.24, 2.45) is 0 Å². The van der Waals surface area contributed by atoms with Crippen LogP contribution in [0.5, 0.6) is 5.75 Å². The van der Waals surface area contributed by atoms with Crippen LogP contribution in [0, 0.1) is 0 Å². The average Bonchev–Trinajstić information content (AvgIpc) is 3.23. The molecule has 3 heterocycles. The van der Waals surface area contributed by atoms with Gasteiger partial charge in [0.15, 0.2) is 11.5 Å². The molecule has 3 aromatic rings. The number of para-hydroxylation sites is 1. The van der Waals surface area contributed by atoms with Crippen LogP contribution >= 0.6 is 0 Å². The predicted molar refractivity (Wildman–Crippen MR) is 103 cm³/mol. The largest absolute Gasteiger partial charge is 0.496 e. The van der Waals surface area contributed by atoms with Gasteiger partial charge in [-0.25, -0.2) is 9.97 Å². The highest BCUT2D eigenvalue weighted by Crippen LogP contribution is 2.37. The van der Waals surface area contributed by atoms with Gasteiger partial charge in [-0.1, -0.05) is 18.2 Å². The first-order valence-electron chi connectivity index (χ1n) is 9.20. The summed E-state index contributed by atoms with van der Waals surface area (Å²) < 4.78 is 45.8. The van der Waals surface area contributed by atoms with Crippen LogP contribution < -0.4 is 9.64 Å². The molecule has 8 heteroatoms. The predicted octanol–water partition coefficient (Wildman–Crippen LogP) is 4.56. The molecule has 5 nitrogen and oxygen atoms in total. The second-order valence-corrected chi connectivity index (χ2v) is 6.85. The van der Waals surface area contributed by atoms with E-state index in [0.717, 1.165) is 23.8 Å². The summed E-state index contributed by atoms with van der Waals surface area (Å²) in [7, 11) is 1.62. The molecule has 150 valence electrons. The molecular formula is C21H19F3N4O. The van der Waals surface area contributed by atoms with Crippen LogP contribution in [0.4, 0.5) is 19.0 Å². The Morgan fingerprint density at radius 2 is 1.93 bits per heavy atom. The maximum absolute atomic E-state index is 13.4. The number of aromatic nitrogens is 3. The van der Waals surface area contributed by atoms with Crippen LogP contribution in [-0.4, -0.2) is 35.2 Å². The van der Waals surface area contributed by atoms with Crippen molar-refractivity contribution in [3.05, 3.63) is 66.1 Å². The molecule has 0 spiro atoms. The first-order valence-corrected chi connectivity index (χ1v) is 9.20. The SMILES string of the molecule is COc1ccccc1C1CCN(c2cc(C(F)(F)F)nc(-c3cccnc3)n2)C1. The lowest BCUT2D eigenvalue weighted by molar-refractivity contribution is -0.141. The molecular weight excluding hydrogens is 381 g/mol. The number of benzene rings is 1. The van der Waals surface area contributed by atoms with Gasteiger partial charge in [-0.15, -0.1) is 0 Å². The smallest absolute Gasteiger partial charge is 0.433 e. The summed E-state index contributed by atoms with van der Waals surface area (Å²) in [6.07, 6.45) is -0.748. The zero-order chi connectivity index (χ0) is 20.4. The van der Waals surface area contributed by atoms with E-state index >= 15 is 0 Å². The summed E-state index contributed by atoms with van der Waals surface area (Å²) in [5, 5.41) is 0. The standard InChI is InChI=1S/C21H19F3N4O/c1-29-17-7-3-2-6-16(17)15-8-10-28(13-15)19-11-18(21(22,23)24)26-20(27-19)14-5-4-9-25-12-14/h2-7,9,11-12,15H,8,10,13H2,1H3. The van der Waals surface area contributed by atoms with Crippen LogP contribution in [0.2, 0.25) is 0 Å². The van der Waals surface area contributed by atoms with Crippen molar-refractivity contribution in [2.75, 3.05) is 25.1 Å². The van der Waals surface area contributed by atoms with Crippen LogP contribution in [-0.2, 0) is 6.18 Å². The van der Waals surface area contributed by atoms with Crippen molar-refractivity contribution in [3.8, 4) is 17.1 Å². The number of pyridine rings is 1. The summed E-state index contributed by atoms with van der Waals surface area (Å²) >= 11 is 0. The minimum Gasteiger partial charge on any atom is -0.496 e. The van der Waals surface area contributed by atoms with Gasteiger partial charge in [0.05, 0.1) is 7.11 Å². The molecule has 0 saturated carbocycles. The van der Waals surface area contributed by atoms with Crippen LogP contribution in [0.3, 0.4) is 0 Å². The molecule has 1 aliphatic rings. The van der Waals surface area contributed by atoms with E-state index in [1.165, 1.54) is 6.20 Å². The molecule has 0 aliphatic carbocycles. The minimum absolute atomic E-state index is 0.0173. The summed E-state index contributed by atoms with van der Waals surface area (Å²) in [6.45, 7) is 1.16. The fraction of sp³-hybridized carbons (Fsp3) is 0.286. The topological polar surface area (TPSA) is 51.1 Å². The number of nitrogens with zero attached hydrogens (tertiary/aromatic N) is 4. The molecule has 1 saturated heterocycles. The molecule has 1 atom stereocenters. The first kappa shape index (κ1) is 19.2. The van der Waals surface area contributed by atoms with E-state index in [0.29, 0.717) is 18.7 Å². The van der Waals surface area contributed by atoms with Crippen LogP contribution in [0.25, 0.3) is 11.4 Å². The lowest BCUT2D eigenvalue weighted by Gasteiger charge is -2.20. The Bertz CT molecular complexity index is 995. The lowest BCUT2D eigenvalue weighted by Crippen LogP contribution is -2.22. The van der Waals surface area contributed by atoms with E-state index in [1.54, 1.807) is 25.4 Å². The molecule has 1 fully saturated rings. The van der Waals surface area contributed by atoms with Crippen molar-refractivity contribution in [1.82, 2.24) is 15.0 Å². The Balaban J connectivity index is 1.68.